The number of hydrogen-bond acceptors (Lipinski definition) is 6. The first-order valence-electron chi connectivity index (χ1n) is 9.87. The average molecular weight is 464 g/mol. The lowest BCUT2D eigenvalue weighted by molar-refractivity contribution is 0.0730. The molecule has 0 aliphatic carbocycles. The van der Waals surface area contributed by atoms with Crippen LogP contribution in [0.5, 0.6) is 0 Å². The van der Waals surface area contributed by atoms with Crippen molar-refractivity contribution >= 4 is 44.6 Å². The molecule has 6 nitrogen and oxygen atoms in total. The fraction of sp³-hybridized carbons (Fsp3) is 0.381. The minimum absolute atomic E-state index is 0.293. The quantitative estimate of drug-likeness (QED) is 0.492. The Labute approximate surface area is 186 Å². The topological polar surface area (TPSA) is 64.4 Å². The zero-order valence-electron chi connectivity index (χ0n) is 17.1. The number of nitrogens with zero attached hydrogens (tertiary/aromatic N) is 3. The Kier molecular flexibility index (Phi) is 6.74. The molecule has 0 saturated carbocycles. The molecule has 2 aromatic carbocycles. The van der Waals surface area contributed by atoms with Gasteiger partial charge in [0.05, 0.1) is 29.1 Å². The lowest BCUT2D eigenvalue weighted by atomic mass is 10.2. The minimum atomic E-state index is -3.53. The van der Waals surface area contributed by atoms with Gasteiger partial charge < -0.3 is 9.30 Å². The molecule has 160 valence electrons. The summed E-state index contributed by atoms with van der Waals surface area (Å²) in [6.07, 6.45) is 2.07. The van der Waals surface area contributed by atoms with E-state index in [2.05, 4.69) is 42.0 Å². The van der Waals surface area contributed by atoms with Gasteiger partial charge in [-0.05, 0) is 49.1 Å². The monoisotopic (exact) mass is 463 g/mol. The van der Waals surface area contributed by atoms with Gasteiger partial charge in [-0.15, -0.1) is 11.8 Å². The lowest BCUT2D eigenvalue weighted by Crippen LogP contribution is -2.40. The average Bonchev–Trinajstić information content (AvgIpc) is 3.15. The van der Waals surface area contributed by atoms with Crippen LogP contribution in [0.4, 0.5) is 0 Å². The normalized spacial score (nSPS) is 15.7. The van der Waals surface area contributed by atoms with Crippen LogP contribution in [0.2, 0.25) is 0 Å². The van der Waals surface area contributed by atoms with E-state index in [9.17, 15) is 8.42 Å². The van der Waals surface area contributed by atoms with Crippen LogP contribution in [0.3, 0.4) is 0 Å². The molecule has 30 heavy (non-hydrogen) atoms. The highest BCUT2D eigenvalue weighted by atomic mass is 32.2. The van der Waals surface area contributed by atoms with Gasteiger partial charge in [0.1, 0.15) is 0 Å². The molecule has 1 fully saturated rings. The Hall–Kier alpha value is -1.52. The second-order valence-corrected chi connectivity index (χ2v) is 10.7. The van der Waals surface area contributed by atoms with Crippen LogP contribution in [-0.2, 0) is 27.1 Å². The maximum absolute atomic E-state index is 13.0. The molecule has 0 radical (unpaired) electrons. The van der Waals surface area contributed by atoms with E-state index in [1.807, 2.05) is 6.07 Å². The van der Waals surface area contributed by atoms with Gasteiger partial charge in [0, 0.05) is 30.3 Å². The largest absolute Gasteiger partial charge is 0.379 e. The maximum Gasteiger partial charge on any atom is 0.243 e. The third kappa shape index (κ3) is 4.40. The van der Waals surface area contributed by atoms with Gasteiger partial charge in [0.2, 0.25) is 10.0 Å². The molecule has 0 N–H and O–H groups in total. The van der Waals surface area contributed by atoms with Crippen molar-refractivity contribution in [1.29, 1.82) is 0 Å². The molecule has 1 aliphatic rings. The molecule has 0 unspecified atom stereocenters. The predicted octanol–water partition coefficient (Wildman–Crippen LogP) is 4.09. The zero-order valence-corrected chi connectivity index (χ0v) is 19.5. The minimum Gasteiger partial charge on any atom is -0.379 e. The highest BCUT2D eigenvalue weighted by Gasteiger charge is 2.27. The summed E-state index contributed by atoms with van der Waals surface area (Å²) >= 11 is 3.41. The molecule has 2 heterocycles. The van der Waals surface area contributed by atoms with E-state index < -0.39 is 10.0 Å². The first-order valence-corrected chi connectivity index (χ1v) is 13.5. The maximum atomic E-state index is 13.0. The molecule has 4 rings (SSSR count). The molecule has 9 heteroatoms. The van der Waals surface area contributed by atoms with Gasteiger partial charge >= 0.3 is 0 Å². The highest BCUT2D eigenvalue weighted by molar-refractivity contribution is 7.98. The number of sulfonamides is 1. The van der Waals surface area contributed by atoms with Gasteiger partial charge in [-0.25, -0.2) is 13.4 Å². The van der Waals surface area contributed by atoms with Crippen molar-refractivity contribution in [2.75, 3.05) is 32.6 Å². The van der Waals surface area contributed by atoms with E-state index in [0.29, 0.717) is 36.7 Å². The fourth-order valence-corrected chi connectivity index (χ4v) is 6.34. The van der Waals surface area contributed by atoms with Gasteiger partial charge in [0.25, 0.3) is 0 Å². The molecule has 0 amide bonds. The number of morpholine rings is 1. The summed E-state index contributed by atoms with van der Waals surface area (Å²) in [5, 5.41) is 0.905. The Morgan fingerprint density at radius 1 is 1.10 bits per heavy atom. The number of thioether (sulfide) groups is 2. The van der Waals surface area contributed by atoms with Crippen molar-refractivity contribution in [3.8, 4) is 0 Å². The predicted molar refractivity (Wildman–Crippen MR) is 123 cm³/mol. The molecule has 0 bridgehead atoms. The summed E-state index contributed by atoms with van der Waals surface area (Å²) in [7, 11) is -3.53. The fourth-order valence-electron chi connectivity index (χ4n) is 3.47. The third-order valence-corrected chi connectivity index (χ3v) is 8.82. The smallest absolute Gasteiger partial charge is 0.243 e. The van der Waals surface area contributed by atoms with Crippen LogP contribution in [0.25, 0.3) is 11.0 Å². The Balaban J connectivity index is 1.60. The second-order valence-electron chi connectivity index (χ2n) is 6.94. The second kappa shape index (κ2) is 9.32. The summed E-state index contributed by atoms with van der Waals surface area (Å²) in [6, 6.07) is 13.8. The number of imidazole rings is 1. The Morgan fingerprint density at radius 2 is 1.83 bits per heavy atom. The number of ether oxygens (including phenoxy) is 1. The Morgan fingerprint density at radius 3 is 2.50 bits per heavy atom. The van der Waals surface area contributed by atoms with Crippen molar-refractivity contribution in [1.82, 2.24) is 13.9 Å². The summed E-state index contributed by atoms with van der Waals surface area (Å²) in [5.41, 5.74) is 2.91. The van der Waals surface area contributed by atoms with Crippen LogP contribution in [0.1, 0.15) is 12.5 Å². The van der Waals surface area contributed by atoms with Crippen LogP contribution < -0.4 is 0 Å². The molecule has 3 aromatic rings. The molecular formula is C21H25N3O3S3. The van der Waals surface area contributed by atoms with Crippen LogP contribution in [0, 0.1) is 0 Å². The van der Waals surface area contributed by atoms with Crippen molar-refractivity contribution in [2.45, 2.75) is 34.2 Å². The van der Waals surface area contributed by atoms with E-state index in [4.69, 9.17) is 9.72 Å². The number of aromatic nitrogens is 2. The standard InChI is InChI=1S/C21H25N3O3S3/c1-3-24-20-9-8-18(30(25,26)23-10-12-27-13-11-23)14-19(20)22-21(24)29-15-16-4-6-17(28-2)7-5-16/h4-9,14H,3,10-13,15H2,1-2H3. The number of aryl methyl sites for hydroxylation is 1. The first-order chi connectivity index (χ1) is 14.5. The summed E-state index contributed by atoms with van der Waals surface area (Å²) < 4.78 is 34.9. The van der Waals surface area contributed by atoms with Crippen LogP contribution in [0.15, 0.2) is 57.4 Å². The summed E-state index contributed by atoms with van der Waals surface area (Å²) in [6.45, 7) is 4.51. The molecule has 0 atom stereocenters. The van der Waals surface area contributed by atoms with E-state index >= 15 is 0 Å². The van der Waals surface area contributed by atoms with Gasteiger partial charge in [-0.1, -0.05) is 23.9 Å². The van der Waals surface area contributed by atoms with Crippen molar-refractivity contribution in [3.63, 3.8) is 0 Å². The van der Waals surface area contributed by atoms with Crippen LogP contribution >= 0.6 is 23.5 Å². The highest BCUT2D eigenvalue weighted by Crippen LogP contribution is 2.29. The molecular weight excluding hydrogens is 438 g/mol. The first kappa shape index (κ1) is 21.7. The van der Waals surface area contributed by atoms with E-state index in [1.165, 1.54) is 14.8 Å². The Bertz CT molecular complexity index is 1120. The third-order valence-electron chi connectivity index (χ3n) is 5.14. The number of hydrogen-bond donors (Lipinski definition) is 0. The number of benzene rings is 2. The SMILES string of the molecule is CCn1c(SCc2ccc(SC)cc2)nc2cc(S(=O)(=O)N3CCOCC3)ccc21. The van der Waals surface area contributed by atoms with E-state index in [1.54, 1.807) is 35.7 Å². The van der Waals surface area contributed by atoms with Gasteiger partial charge in [0.15, 0.2) is 5.16 Å². The van der Waals surface area contributed by atoms with Crippen molar-refractivity contribution in [3.05, 3.63) is 48.0 Å². The lowest BCUT2D eigenvalue weighted by Gasteiger charge is -2.26. The van der Waals surface area contributed by atoms with Crippen LogP contribution in [-0.4, -0.2) is 54.8 Å². The number of rotatable bonds is 7. The molecule has 1 aromatic heterocycles. The summed E-state index contributed by atoms with van der Waals surface area (Å²) in [5.74, 6) is 0.816. The number of fused-ring (bicyclic) bond motifs is 1. The summed E-state index contributed by atoms with van der Waals surface area (Å²) in [4.78, 5) is 6.31. The molecule has 1 aliphatic heterocycles. The van der Waals surface area contributed by atoms with Crippen molar-refractivity contribution in [2.24, 2.45) is 0 Å². The zero-order chi connectivity index (χ0) is 21.1. The molecule has 1 saturated heterocycles. The van der Waals surface area contributed by atoms with E-state index in [0.717, 1.165) is 23.0 Å². The molecule has 0 spiro atoms. The van der Waals surface area contributed by atoms with Gasteiger partial charge in [-0.3, -0.25) is 0 Å². The van der Waals surface area contributed by atoms with Gasteiger partial charge in [-0.2, -0.15) is 4.31 Å². The van der Waals surface area contributed by atoms with Crippen molar-refractivity contribution < 1.29 is 13.2 Å². The van der Waals surface area contributed by atoms with E-state index in [-0.39, 0.29) is 0 Å².